The highest BCUT2D eigenvalue weighted by Gasteiger charge is 2.66. The maximum Gasteiger partial charge on any atom is 0.191 e. The topological polar surface area (TPSA) is 211 Å². The quantitative estimate of drug-likeness (QED) is 0.215. The normalized spacial score (nSPS) is 37.3. The molecule has 6 N–H and O–H groups in total. The van der Waals surface area contributed by atoms with Crippen LogP contribution in [0.4, 0.5) is 0 Å². The molecule has 1 aliphatic carbocycles. The fourth-order valence-corrected chi connectivity index (χ4v) is 4.28. The molecule has 0 amide bonds. The number of hydrogen-bond donors (Lipinski definition) is 4. The van der Waals surface area contributed by atoms with Crippen molar-refractivity contribution in [1.82, 2.24) is 5.32 Å². The van der Waals surface area contributed by atoms with Crippen LogP contribution >= 0.6 is 11.6 Å². The molecule has 13 heteroatoms. The first-order chi connectivity index (χ1) is 11.4. The van der Waals surface area contributed by atoms with Crippen LogP contribution in [0.15, 0.2) is 15.2 Å². The molecular formula is C11H17ClN10O2. The Morgan fingerprint density at radius 1 is 1.38 bits per heavy atom. The minimum Gasteiger partial charge on any atom is -0.370 e. The smallest absolute Gasteiger partial charge is 0.191 e. The first kappa shape index (κ1) is 18.1. The Labute approximate surface area is 141 Å². The van der Waals surface area contributed by atoms with Gasteiger partial charge < -0.3 is 21.9 Å². The molecule has 24 heavy (non-hydrogen) atoms. The number of azide groups is 2. The van der Waals surface area contributed by atoms with E-state index in [2.05, 4.69) is 30.4 Å². The molecule has 1 fully saturated rings. The summed E-state index contributed by atoms with van der Waals surface area (Å²) in [7, 11) is 0. The Kier molecular flexibility index (Phi) is 5.37. The van der Waals surface area contributed by atoms with E-state index in [0.29, 0.717) is 0 Å². The predicted octanol–water partition coefficient (Wildman–Crippen LogP) is -0.420. The van der Waals surface area contributed by atoms with Crippen LogP contribution in [-0.4, -0.2) is 53.6 Å². The number of Topliss-reactive ketones (excluding diaryl/α,β-unsaturated/α-hetero) is 1. The number of aliphatic hydroxyl groups excluding tert-OH is 1. The standard InChI is InChI=1S/C11H17ClN10O2/c12-8-5(3-18-22-16)4(2-17-21-15)7(6(23)1-13)11(8)9(24)19-10(14)20-11/h4-5,7-9,24H,1-3,13H2,(H3,14,19,20)/t4-,5-,7-,8+,9-,11+/m1/s1. The van der Waals surface area contributed by atoms with Gasteiger partial charge in [-0.2, -0.15) is 0 Å². The van der Waals surface area contributed by atoms with Crippen molar-refractivity contribution >= 4 is 23.3 Å². The molecule has 0 saturated heterocycles. The number of rotatable bonds is 6. The predicted molar refractivity (Wildman–Crippen MR) is 85.7 cm³/mol. The van der Waals surface area contributed by atoms with Crippen LogP contribution in [0, 0.1) is 17.8 Å². The maximum absolute atomic E-state index is 12.5. The maximum atomic E-state index is 12.5. The average Bonchev–Trinajstić information content (AvgIpc) is 2.98. The lowest BCUT2D eigenvalue weighted by molar-refractivity contribution is -0.126. The number of nitrogens with two attached hydrogens (primary N) is 2. The van der Waals surface area contributed by atoms with E-state index in [1.165, 1.54) is 0 Å². The number of aliphatic imine (C=N–C) groups is 1. The van der Waals surface area contributed by atoms with Crippen LogP contribution in [0.3, 0.4) is 0 Å². The van der Waals surface area contributed by atoms with Gasteiger partial charge in [0, 0.05) is 22.9 Å². The lowest BCUT2D eigenvalue weighted by Crippen LogP contribution is -2.62. The number of nitrogens with zero attached hydrogens (tertiary/aromatic N) is 7. The van der Waals surface area contributed by atoms with Gasteiger partial charge in [-0.1, -0.05) is 10.2 Å². The number of alkyl halides is 1. The molecule has 0 aromatic heterocycles. The minimum absolute atomic E-state index is 0.0410. The Morgan fingerprint density at radius 3 is 2.42 bits per heavy atom. The first-order valence-electron chi connectivity index (χ1n) is 7.12. The van der Waals surface area contributed by atoms with Crippen molar-refractivity contribution in [1.29, 1.82) is 0 Å². The zero-order valence-electron chi connectivity index (χ0n) is 12.5. The summed E-state index contributed by atoms with van der Waals surface area (Å²) in [4.78, 5) is 21.7. The summed E-state index contributed by atoms with van der Waals surface area (Å²) in [6, 6.07) is 0. The summed E-state index contributed by atoms with van der Waals surface area (Å²) < 4.78 is 0. The van der Waals surface area contributed by atoms with Gasteiger partial charge in [0.2, 0.25) is 0 Å². The first-order valence-corrected chi connectivity index (χ1v) is 7.55. The van der Waals surface area contributed by atoms with E-state index in [-0.39, 0.29) is 25.6 Å². The molecule has 1 heterocycles. The molecule has 2 rings (SSSR count). The van der Waals surface area contributed by atoms with Gasteiger partial charge in [-0.25, -0.2) is 4.99 Å². The summed E-state index contributed by atoms with van der Waals surface area (Å²) >= 11 is 6.54. The summed E-state index contributed by atoms with van der Waals surface area (Å²) in [6.45, 7) is -0.413. The summed E-state index contributed by atoms with van der Waals surface area (Å²) in [6.07, 6.45) is -1.38. The number of aliphatic hydroxyl groups is 1. The summed E-state index contributed by atoms with van der Waals surface area (Å²) in [5.74, 6) is -2.49. The van der Waals surface area contributed by atoms with Crippen molar-refractivity contribution in [2.24, 2.45) is 44.4 Å². The van der Waals surface area contributed by atoms with E-state index >= 15 is 0 Å². The van der Waals surface area contributed by atoms with E-state index < -0.39 is 40.7 Å². The van der Waals surface area contributed by atoms with Crippen LogP contribution in [0.2, 0.25) is 0 Å². The molecule has 0 radical (unpaired) electrons. The zero-order valence-corrected chi connectivity index (χ0v) is 13.3. The Balaban J connectivity index is 2.54. The molecular weight excluding hydrogens is 340 g/mol. The summed E-state index contributed by atoms with van der Waals surface area (Å²) in [5.41, 5.74) is 27.0. The van der Waals surface area contributed by atoms with Crippen LogP contribution < -0.4 is 16.8 Å². The third-order valence-corrected chi connectivity index (χ3v) is 5.30. The molecule has 0 bridgehead atoms. The van der Waals surface area contributed by atoms with Crippen LogP contribution in [0.1, 0.15) is 0 Å². The van der Waals surface area contributed by atoms with E-state index in [9.17, 15) is 9.90 Å². The van der Waals surface area contributed by atoms with Gasteiger partial charge in [0.1, 0.15) is 5.54 Å². The van der Waals surface area contributed by atoms with E-state index in [4.69, 9.17) is 34.1 Å². The molecule has 130 valence electrons. The van der Waals surface area contributed by atoms with Crippen LogP contribution in [-0.2, 0) is 4.79 Å². The molecule has 0 unspecified atom stereocenters. The number of carbonyl (C=O) groups excluding carboxylic acids is 1. The Hall–Kier alpha value is -2.23. The Morgan fingerprint density at radius 2 is 1.96 bits per heavy atom. The molecule has 1 saturated carbocycles. The van der Waals surface area contributed by atoms with Crippen molar-refractivity contribution in [3.8, 4) is 0 Å². The zero-order chi connectivity index (χ0) is 17.9. The minimum atomic E-state index is -1.40. The highest BCUT2D eigenvalue weighted by Crippen LogP contribution is 2.51. The van der Waals surface area contributed by atoms with E-state index in [0.717, 1.165) is 0 Å². The van der Waals surface area contributed by atoms with Gasteiger partial charge in [-0.05, 0) is 22.9 Å². The molecule has 1 aliphatic heterocycles. The van der Waals surface area contributed by atoms with Crippen molar-refractivity contribution in [3.63, 3.8) is 0 Å². The highest BCUT2D eigenvalue weighted by molar-refractivity contribution is 6.23. The van der Waals surface area contributed by atoms with Crippen molar-refractivity contribution < 1.29 is 9.90 Å². The van der Waals surface area contributed by atoms with E-state index in [1.807, 2.05) is 0 Å². The lowest BCUT2D eigenvalue weighted by atomic mass is 9.78. The number of guanidine groups is 1. The van der Waals surface area contributed by atoms with Gasteiger partial charge in [0.05, 0.1) is 17.8 Å². The number of nitrogens with one attached hydrogen (secondary N) is 1. The molecule has 12 nitrogen and oxygen atoms in total. The average molecular weight is 357 g/mol. The second kappa shape index (κ2) is 7.12. The van der Waals surface area contributed by atoms with Gasteiger partial charge in [-0.15, -0.1) is 11.6 Å². The van der Waals surface area contributed by atoms with Gasteiger partial charge >= 0.3 is 0 Å². The van der Waals surface area contributed by atoms with Crippen LogP contribution in [0.5, 0.6) is 0 Å². The molecule has 2 aliphatic rings. The number of ketones is 1. The second-order valence-corrected chi connectivity index (χ2v) is 6.12. The number of hydrogen-bond acceptors (Lipinski definition) is 8. The molecule has 6 atom stereocenters. The van der Waals surface area contributed by atoms with Crippen molar-refractivity contribution in [2.75, 3.05) is 19.6 Å². The summed E-state index contributed by atoms with van der Waals surface area (Å²) in [5, 5.41) is 19.4. The monoisotopic (exact) mass is 356 g/mol. The van der Waals surface area contributed by atoms with Crippen molar-refractivity contribution in [3.05, 3.63) is 20.9 Å². The van der Waals surface area contributed by atoms with Gasteiger partial charge in [0.25, 0.3) is 0 Å². The lowest BCUT2D eigenvalue weighted by Gasteiger charge is -2.36. The second-order valence-electron chi connectivity index (χ2n) is 5.65. The van der Waals surface area contributed by atoms with Gasteiger partial charge in [-0.3, -0.25) is 4.79 Å². The fraction of sp³-hybridized carbons (Fsp3) is 0.818. The Bertz CT molecular complexity index is 643. The highest BCUT2D eigenvalue weighted by atomic mass is 35.5. The third-order valence-electron chi connectivity index (χ3n) is 4.62. The molecule has 0 aromatic carbocycles. The largest absolute Gasteiger partial charge is 0.370 e. The van der Waals surface area contributed by atoms with E-state index in [1.54, 1.807) is 0 Å². The third kappa shape index (κ3) is 2.70. The number of halogens is 1. The van der Waals surface area contributed by atoms with Crippen molar-refractivity contribution in [2.45, 2.75) is 17.1 Å². The SMILES string of the molecule is [N-]=[N+]=NC[C@@H]1[C@@H](CN=[N+]=[N-])[C@H](C(=O)CN)[C@]2(NC(N)=N[C@@H]2O)[C@H]1Cl. The molecule has 0 aromatic rings. The number of carbonyl (C=O) groups is 1. The van der Waals surface area contributed by atoms with Crippen LogP contribution in [0.25, 0.3) is 20.9 Å². The fourth-order valence-electron chi connectivity index (χ4n) is 3.71. The van der Waals surface area contributed by atoms with Gasteiger partial charge in [0.15, 0.2) is 18.0 Å². The molecule has 1 spiro atoms.